The molecule has 0 saturated carbocycles. The highest BCUT2D eigenvalue weighted by atomic mass is 16.7. The lowest BCUT2D eigenvalue weighted by Crippen LogP contribution is -2.11. The molecule has 6 heteroatoms. The zero-order chi connectivity index (χ0) is 16.2. The number of rotatable bonds is 6. The predicted octanol–water partition coefficient (Wildman–Crippen LogP) is 2.69. The van der Waals surface area contributed by atoms with Crippen LogP contribution >= 0.6 is 0 Å². The smallest absolute Gasteiger partial charge is 0.231 e. The van der Waals surface area contributed by atoms with Crippen molar-refractivity contribution in [2.75, 3.05) is 27.6 Å². The summed E-state index contributed by atoms with van der Waals surface area (Å²) in [5, 5.41) is 0. The molecule has 0 radical (unpaired) electrons. The lowest BCUT2D eigenvalue weighted by atomic mass is 10.1. The van der Waals surface area contributed by atoms with E-state index >= 15 is 0 Å². The van der Waals surface area contributed by atoms with Gasteiger partial charge in [-0.15, -0.1) is 0 Å². The maximum absolute atomic E-state index is 12.2. The van der Waals surface area contributed by atoms with Crippen molar-refractivity contribution >= 4 is 5.78 Å². The molecule has 120 valence electrons. The summed E-state index contributed by atoms with van der Waals surface area (Å²) in [5.41, 5.74) is 0.489. The Morgan fingerprint density at radius 3 is 2.57 bits per heavy atom. The van der Waals surface area contributed by atoms with Crippen LogP contribution in [-0.2, 0) is 0 Å². The summed E-state index contributed by atoms with van der Waals surface area (Å²) in [4.78, 5) is 12.2. The lowest BCUT2D eigenvalue weighted by molar-refractivity contribution is 0.0921. The largest absolute Gasteiger partial charge is 0.493 e. The molecule has 1 aliphatic rings. The second kappa shape index (κ2) is 6.48. The molecule has 0 saturated heterocycles. The number of fused-ring (bicyclic) bond motifs is 1. The summed E-state index contributed by atoms with van der Waals surface area (Å²) in [6.45, 7) is 0.110. The number of ketones is 1. The Bertz CT molecular complexity index is 725. The molecule has 23 heavy (non-hydrogen) atoms. The Kier molecular flexibility index (Phi) is 4.23. The van der Waals surface area contributed by atoms with E-state index in [0.717, 1.165) is 0 Å². The number of carbonyl (C=O) groups excluding carboxylic acids is 1. The first-order chi connectivity index (χ1) is 11.2. The molecule has 0 atom stereocenters. The van der Waals surface area contributed by atoms with E-state index in [9.17, 15) is 4.79 Å². The molecule has 0 amide bonds. The minimum atomic E-state index is -0.163. The number of carbonyl (C=O) groups is 1. The predicted molar refractivity (Wildman–Crippen MR) is 81.9 cm³/mol. The molecule has 2 aromatic carbocycles. The van der Waals surface area contributed by atoms with Crippen molar-refractivity contribution in [3.8, 4) is 28.7 Å². The summed E-state index contributed by atoms with van der Waals surface area (Å²) in [5.74, 6) is 2.73. The van der Waals surface area contributed by atoms with Gasteiger partial charge in [-0.05, 0) is 30.3 Å². The molecule has 0 N–H and O–H groups in total. The highest BCUT2D eigenvalue weighted by Crippen LogP contribution is 2.35. The normalized spacial score (nSPS) is 11.9. The number of hydrogen-bond acceptors (Lipinski definition) is 6. The fourth-order valence-corrected chi connectivity index (χ4v) is 2.21. The Hall–Kier alpha value is -2.89. The van der Waals surface area contributed by atoms with E-state index in [0.29, 0.717) is 34.3 Å². The van der Waals surface area contributed by atoms with Crippen LogP contribution in [0.2, 0.25) is 0 Å². The van der Waals surface area contributed by atoms with Crippen molar-refractivity contribution in [2.45, 2.75) is 0 Å². The van der Waals surface area contributed by atoms with Crippen molar-refractivity contribution < 1.29 is 28.5 Å². The van der Waals surface area contributed by atoms with Gasteiger partial charge in [0.1, 0.15) is 5.75 Å². The SMILES string of the molecule is COc1ccc(C(=O)COc2ccc3c(c2)OCO3)cc1OC. The molecule has 3 rings (SSSR count). The molecule has 2 aromatic rings. The van der Waals surface area contributed by atoms with Crippen LogP contribution in [0.1, 0.15) is 10.4 Å². The molecule has 1 heterocycles. The first-order valence-corrected chi connectivity index (χ1v) is 6.99. The second-order valence-corrected chi connectivity index (χ2v) is 4.80. The first kappa shape index (κ1) is 15.0. The quantitative estimate of drug-likeness (QED) is 0.764. The number of Topliss-reactive ketones (excluding diaryl/α,β-unsaturated/α-hetero) is 1. The van der Waals surface area contributed by atoms with Crippen LogP contribution < -0.4 is 23.7 Å². The molecule has 1 aliphatic heterocycles. The van der Waals surface area contributed by atoms with Crippen LogP contribution in [-0.4, -0.2) is 33.4 Å². The zero-order valence-corrected chi connectivity index (χ0v) is 12.8. The van der Waals surface area contributed by atoms with Gasteiger partial charge in [0.2, 0.25) is 6.79 Å². The molecule has 0 spiro atoms. The fraction of sp³-hybridized carbons (Fsp3) is 0.235. The van der Waals surface area contributed by atoms with Gasteiger partial charge in [-0.1, -0.05) is 0 Å². The topological polar surface area (TPSA) is 63.2 Å². The van der Waals surface area contributed by atoms with Crippen LogP contribution in [0.3, 0.4) is 0 Å². The molecule has 0 unspecified atom stereocenters. The first-order valence-electron chi connectivity index (χ1n) is 6.99. The second-order valence-electron chi connectivity index (χ2n) is 4.80. The van der Waals surface area contributed by atoms with Gasteiger partial charge >= 0.3 is 0 Å². The Balaban J connectivity index is 1.67. The highest BCUT2D eigenvalue weighted by molar-refractivity contribution is 5.97. The van der Waals surface area contributed by atoms with Gasteiger partial charge < -0.3 is 23.7 Å². The molecule has 6 nitrogen and oxygen atoms in total. The van der Waals surface area contributed by atoms with Gasteiger partial charge in [-0.2, -0.15) is 0 Å². The lowest BCUT2D eigenvalue weighted by Gasteiger charge is -2.10. The van der Waals surface area contributed by atoms with E-state index in [2.05, 4.69) is 0 Å². The zero-order valence-electron chi connectivity index (χ0n) is 12.8. The average Bonchev–Trinajstić information content (AvgIpc) is 3.06. The maximum atomic E-state index is 12.2. The van der Waals surface area contributed by atoms with Gasteiger partial charge in [0.25, 0.3) is 0 Å². The van der Waals surface area contributed by atoms with E-state index in [1.807, 2.05) is 0 Å². The molecular weight excluding hydrogens is 300 g/mol. The number of benzene rings is 2. The van der Waals surface area contributed by atoms with E-state index in [1.165, 1.54) is 7.11 Å². The van der Waals surface area contributed by atoms with Crippen molar-refractivity contribution in [1.29, 1.82) is 0 Å². The van der Waals surface area contributed by atoms with Crippen LogP contribution in [0.15, 0.2) is 36.4 Å². The standard InChI is InChI=1S/C17H16O6/c1-19-14-5-3-11(7-16(14)20-2)13(18)9-21-12-4-6-15-17(8-12)23-10-22-15/h3-8H,9-10H2,1-2H3. The van der Waals surface area contributed by atoms with Crippen molar-refractivity contribution in [3.05, 3.63) is 42.0 Å². The average molecular weight is 316 g/mol. The summed E-state index contributed by atoms with van der Waals surface area (Å²) < 4.78 is 26.4. The third-order valence-electron chi connectivity index (χ3n) is 3.42. The highest BCUT2D eigenvalue weighted by Gasteiger charge is 2.15. The number of hydrogen-bond donors (Lipinski definition) is 0. The summed E-state index contributed by atoms with van der Waals surface area (Å²) in [6, 6.07) is 10.2. The monoisotopic (exact) mass is 316 g/mol. The number of methoxy groups -OCH3 is 2. The van der Waals surface area contributed by atoms with Crippen LogP contribution in [0.5, 0.6) is 28.7 Å². The van der Waals surface area contributed by atoms with Crippen molar-refractivity contribution in [2.24, 2.45) is 0 Å². The van der Waals surface area contributed by atoms with Crippen LogP contribution in [0, 0.1) is 0 Å². The minimum Gasteiger partial charge on any atom is -0.493 e. The third-order valence-corrected chi connectivity index (χ3v) is 3.42. The van der Waals surface area contributed by atoms with Gasteiger partial charge in [-0.25, -0.2) is 0 Å². The van der Waals surface area contributed by atoms with Crippen molar-refractivity contribution in [3.63, 3.8) is 0 Å². The van der Waals surface area contributed by atoms with E-state index in [1.54, 1.807) is 43.5 Å². The van der Waals surface area contributed by atoms with E-state index in [4.69, 9.17) is 23.7 Å². The number of ether oxygens (including phenoxy) is 5. The van der Waals surface area contributed by atoms with Gasteiger partial charge in [-0.3, -0.25) is 4.79 Å². The van der Waals surface area contributed by atoms with E-state index < -0.39 is 0 Å². The Labute approximate surface area is 133 Å². The summed E-state index contributed by atoms with van der Waals surface area (Å²) in [6.07, 6.45) is 0. The summed E-state index contributed by atoms with van der Waals surface area (Å²) in [7, 11) is 3.07. The van der Waals surface area contributed by atoms with Gasteiger partial charge in [0.05, 0.1) is 14.2 Å². The molecule has 0 bridgehead atoms. The Morgan fingerprint density at radius 2 is 1.78 bits per heavy atom. The Morgan fingerprint density at radius 1 is 1.00 bits per heavy atom. The van der Waals surface area contributed by atoms with Crippen LogP contribution in [0.25, 0.3) is 0 Å². The van der Waals surface area contributed by atoms with Gasteiger partial charge in [0, 0.05) is 11.6 Å². The molecule has 0 fully saturated rings. The van der Waals surface area contributed by atoms with Crippen molar-refractivity contribution in [1.82, 2.24) is 0 Å². The summed E-state index contributed by atoms with van der Waals surface area (Å²) >= 11 is 0. The molecule has 0 aliphatic carbocycles. The molecule has 0 aromatic heterocycles. The van der Waals surface area contributed by atoms with Gasteiger partial charge in [0.15, 0.2) is 35.4 Å². The maximum Gasteiger partial charge on any atom is 0.231 e. The van der Waals surface area contributed by atoms with Crippen LogP contribution in [0.4, 0.5) is 0 Å². The van der Waals surface area contributed by atoms with E-state index in [-0.39, 0.29) is 19.2 Å². The minimum absolute atomic E-state index is 0.0882. The third kappa shape index (κ3) is 3.15. The molecular formula is C17H16O6. The fourth-order valence-electron chi connectivity index (χ4n) is 2.21.